The summed E-state index contributed by atoms with van der Waals surface area (Å²) in [5.74, 6) is -0.389. The third-order valence-electron chi connectivity index (χ3n) is 5.84. The Labute approximate surface area is 202 Å². The monoisotopic (exact) mass is 484 g/mol. The summed E-state index contributed by atoms with van der Waals surface area (Å²) in [7, 11) is -0.571. The maximum atomic E-state index is 12.7. The van der Waals surface area contributed by atoms with Crippen molar-refractivity contribution in [3.05, 3.63) is 33.8 Å². The van der Waals surface area contributed by atoms with E-state index in [1.54, 1.807) is 12.1 Å². The van der Waals surface area contributed by atoms with Gasteiger partial charge >= 0.3 is 7.12 Å². The predicted octanol–water partition coefficient (Wildman–Crippen LogP) is 4.91. The van der Waals surface area contributed by atoms with Gasteiger partial charge in [0.1, 0.15) is 0 Å². The van der Waals surface area contributed by atoms with Crippen LogP contribution in [0.1, 0.15) is 71.7 Å². The number of amides is 2. The summed E-state index contributed by atoms with van der Waals surface area (Å²) in [6, 6.07) is 4.61. The highest BCUT2D eigenvalue weighted by atomic mass is 35.5. The van der Waals surface area contributed by atoms with Gasteiger partial charge in [0, 0.05) is 5.02 Å². The Balaban J connectivity index is 2.05. The quantitative estimate of drug-likeness (QED) is 0.488. The first-order chi connectivity index (χ1) is 14.7. The largest absolute Gasteiger partial charge is 0.481 e. The minimum absolute atomic E-state index is 0.199. The standard InChI is InChI=1S/C23H35BCl2N2O4/c1-14(2)10-19(24-31-22(5,6)23(7,32-24)12-15(3)4)28-20(29)13-27-21(30)17-11-16(25)8-9-18(17)26/h8-9,11,14-15,19H,10,12-13H2,1-7H3,(H,27,30)(H,28,29)/t19-,23?/m0/s1. The van der Waals surface area contributed by atoms with Gasteiger partial charge in [-0.3, -0.25) is 9.59 Å². The molecule has 9 heteroatoms. The van der Waals surface area contributed by atoms with Crippen LogP contribution in [0.25, 0.3) is 0 Å². The number of rotatable bonds is 9. The molecule has 1 heterocycles. The lowest BCUT2D eigenvalue weighted by Crippen LogP contribution is -2.51. The van der Waals surface area contributed by atoms with E-state index in [1.165, 1.54) is 6.07 Å². The summed E-state index contributed by atoms with van der Waals surface area (Å²) >= 11 is 12.0. The van der Waals surface area contributed by atoms with E-state index in [9.17, 15) is 9.59 Å². The second-order valence-electron chi connectivity index (χ2n) is 10.1. The van der Waals surface area contributed by atoms with Crippen molar-refractivity contribution >= 4 is 42.1 Å². The van der Waals surface area contributed by atoms with Gasteiger partial charge in [-0.05, 0) is 63.6 Å². The van der Waals surface area contributed by atoms with E-state index >= 15 is 0 Å². The third kappa shape index (κ3) is 6.86. The minimum Gasteiger partial charge on any atom is -0.402 e. The van der Waals surface area contributed by atoms with Crippen LogP contribution >= 0.6 is 23.2 Å². The van der Waals surface area contributed by atoms with Crippen LogP contribution < -0.4 is 10.6 Å². The maximum Gasteiger partial charge on any atom is 0.481 e. The molecule has 0 bridgehead atoms. The van der Waals surface area contributed by atoms with Crippen LogP contribution in [0.15, 0.2) is 18.2 Å². The summed E-state index contributed by atoms with van der Waals surface area (Å²) in [6.07, 6.45) is 1.52. The summed E-state index contributed by atoms with van der Waals surface area (Å²) in [6.45, 7) is 14.4. The van der Waals surface area contributed by atoms with E-state index in [-0.39, 0.29) is 29.0 Å². The smallest absolute Gasteiger partial charge is 0.402 e. The molecule has 0 aromatic heterocycles. The molecule has 32 heavy (non-hydrogen) atoms. The van der Waals surface area contributed by atoms with Gasteiger partial charge in [0.2, 0.25) is 5.91 Å². The first kappa shape index (κ1) is 27.0. The van der Waals surface area contributed by atoms with Crippen molar-refractivity contribution in [3.63, 3.8) is 0 Å². The van der Waals surface area contributed by atoms with Gasteiger partial charge in [0.05, 0.1) is 34.3 Å². The number of hydrogen-bond donors (Lipinski definition) is 2. The van der Waals surface area contributed by atoms with Gasteiger partial charge in [-0.1, -0.05) is 50.9 Å². The van der Waals surface area contributed by atoms with Crippen molar-refractivity contribution in [3.8, 4) is 0 Å². The number of halogens is 2. The lowest BCUT2D eigenvalue weighted by Gasteiger charge is -2.37. The van der Waals surface area contributed by atoms with Gasteiger partial charge < -0.3 is 19.9 Å². The van der Waals surface area contributed by atoms with Crippen molar-refractivity contribution in [2.75, 3.05) is 6.54 Å². The number of carbonyl (C=O) groups excluding carboxylic acids is 2. The van der Waals surface area contributed by atoms with Crippen LogP contribution in [0.3, 0.4) is 0 Å². The Hall–Kier alpha value is -1.28. The molecule has 0 spiro atoms. The zero-order valence-corrected chi connectivity index (χ0v) is 21.6. The topological polar surface area (TPSA) is 76.7 Å². The first-order valence-corrected chi connectivity index (χ1v) is 11.9. The average molecular weight is 485 g/mol. The van der Waals surface area contributed by atoms with E-state index in [2.05, 4.69) is 45.3 Å². The molecule has 0 radical (unpaired) electrons. The minimum atomic E-state index is -0.571. The summed E-state index contributed by atoms with van der Waals surface area (Å²) < 4.78 is 12.7. The van der Waals surface area contributed by atoms with Crippen LogP contribution in [0, 0.1) is 11.8 Å². The summed E-state index contributed by atoms with van der Waals surface area (Å²) in [5, 5.41) is 6.25. The number of hydrogen-bond acceptors (Lipinski definition) is 4. The molecule has 0 saturated carbocycles. The van der Waals surface area contributed by atoms with Gasteiger partial charge in [-0.2, -0.15) is 0 Å². The molecule has 2 rings (SSSR count). The zero-order valence-electron chi connectivity index (χ0n) is 20.1. The van der Waals surface area contributed by atoms with Crippen molar-refractivity contribution in [2.45, 2.75) is 78.5 Å². The molecular formula is C23H35BCl2N2O4. The van der Waals surface area contributed by atoms with Crippen LogP contribution in [-0.4, -0.2) is 42.6 Å². The van der Waals surface area contributed by atoms with E-state index in [0.29, 0.717) is 23.3 Å². The molecule has 1 fully saturated rings. The molecule has 2 N–H and O–H groups in total. The molecule has 1 unspecified atom stereocenters. The molecule has 1 aliphatic heterocycles. The predicted molar refractivity (Wildman–Crippen MR) is 130 cm³/mol. The maximum absolute atomic E-state index is 12.7. The van der Waals surface area contributed by atoms with Gasteiger partial charge in [-0.25, -0.2) is 0 Å². The first-order valence-electron chi connectivity index (χ1n) is 11.1. The van der Waals surface area contributed by atoms with Gasteiger partial charge in [-0.15, -0.1) is 0 Å². The van der Waals surface area contributed by atoms with Crippen molar-refractivity contribution in [2.24, 2.45) is 11.8 Å². The Kier molecular flexibility index (Phi) is 9.08. The lowest BCUT2D eigenvalue weighted by atomic mass is 9.74. The fourth-order valence-electron chi connectivity index (χ4n) is 4.01. The normalized spacial score (nSPS) is 21.2. The van der Waals surface area contributed by atoms with E-state index in [1.807, 2.05) is 13.8 Å². The van der Waals surface area contributed by atoms with Crippen molar-refractivity contribution in [1.82, 2.24) is 10.6 Å². The van der Waals surface area contributed by atoms with Crippen molar-refractivity contribution in [1.29, 1.82) is 0 Å². The summed E-state index contributed by atoms with van der Waals surface area (Å²) in [4.78, 5) is 25.1. The molecule has 6 nitrogen and oxygen atoms in total. The molecular weight excluding hydrogens is 450 g/mol. The SMILES string of the molecule is CC(C)C[C@H](NC(=O)CNC(=O)c1cc(Cl)ccc1Cl)B1OC(C)(C)C(C)(CC(C)C)O1. The average Bonchev–Trinajstić information content (AvgIpc) is 2.89. The molecule has 2 atom stereocenters. The highest BCUT2D eigenvalue weighted by Crippen LogP contribution is 2.42. The highest BCUT2D eigenvalue weighted by Gasteiger charge is 2.56. The van der Waals surface area contributed by atoms with Crippen LogP contribution in [0.2, 0.25) is 10.0 Å². The molecule has 178 valence electrons. The number of nitrogens with one attached hydrogen (secondary N) is 2. The zero-order chi connectivity index (χ0) is 24.3. The molecule has 1 aromatic carbocycles. The molecule has 1 saturated heterocycles. The molecule has 1 aliphatic rings. The van der Waals surface area contributed by atoms with E-state index in [4.69, 9.17) is 32.5 Å². The second kappa shape index (κ2) is 10.8. The molecule has 2 amide bonds. The Morgan fingerprint density at radius 3 is 2.31 bits per heavy atom. The number of carbonyl (C=O) groups is 2. The fraction of sp³-hybridized carbons (Fsp3) is 0.652. The van der Waals surface area contributed by atoms with E-state index in [0.717, 1.165) is 6.42 Å². The lowest BCUT2D eigenvalue weighted by molar-refractivity contribution is -0.120. The van der Waals surface area contributed by atoms with Crippen LogP contribution in [0.4, 0.5) is 0 Å². The second-order valence-corrected chi connectivity index (χ2v) is 10.9. The molecule has 1 aromatic rings. The summed E-state index contributed by atoms with van der Waals surface area (Å²) in [5.41, 5.74) is -0.748. The third-order valence-corrected chi connectivity index (χ3v) is 6.41. The Morgan fingerprint density at radius 1 is 1.06 bits per heavy atom. The van der Waals surface area contributed by atoms with E-state index < -0.39 is 24.2 Å². The van der Waals surface area contributed by atoms with Gasteiger partial charge in [0.25, 0.3) is 5.91 Å². The Bertz CT molecular complexity index is 834. The number of benzene rings is 1. The van der Waals surface area contributed by atoms with Crippen molar-refractivity contribution < 1.29 is 18.9 Å². The fourth-order valence-corrected chi connectivity index (χ4v) is 4.38. The molecule has 0 aliphatic carbocycles. The Morgan fingerprint density at radius 2 is 1.72 bits per heavy atom. The highest BCUT2D eigenvalue weighted by molar-refractivity contribution is 6.48. The van der Waals surface area contributed by atoms with Gasteiger partial charge in [0.15, 0.2) is 0 Å². The van der Waals surface area contributed by atoms with Crippen LogP contribution in [-0.2, 0) is 14.1 Å². The van der Waals surface area contributed by atoms with Crippen LogP contribution in [0.5, 0.6) is 0 Å².